The van der Waals surface area contributed by atoms with E-state index in [2.05, 4.69) is 26.5 Å². The summed E-state index contributed by atoms with van der Waals surface area (Å²) in [5, 5.41) is 2.91. The molecule has 0 heterocycles. The van der Waals surface area contributed by atoms with E-state index in [4.69, 9.17) is 0 Å². The van der Waals surface area contributed by atoms with Gasteiger partial charge >= 0.3 is 0 Å². The van der Waals surface area contributed by atoms with Crippen LogP contribution >= 0.6 is 0 Å². The minimum absolute atomic E-state index is 0.184. The van der Waals surface area contributed by atoms with Gasteiger partial charge in [0.1, 0.15) is 0 Å². The molecule has 0 aliphatic heterocycles. The van der Waals surface area contributed by atoms with E-state index in [9.17, 15) is 4.79 Å². The molecule has 0 saturated heterocycles. The molecule has 0 fully saturated rings. The summed E-state index contributed by atoms with van der Waals surface area (Å²) >= 11 is 0. The Kier molecular flexibility index (Phi) is 5.71. The van der Waals surface area contributed by atoms with Gasteiger partial charge in [0, 0.05) is 19.4 Å². The van der Waals surface area contributed by atoms with Crippen molar-refractivity contribution in [3.05, 3.63) is 0 Å². The number of amides is 1. The third-order valence-corrected chi connectivity index (χ3v) is 1.80. The van der Waals surface area contributed by atoms with Crippen LogP contribution in [0.1, 0.15) is 26.2 Å². The van der Waals surface area contributed by atoms with Crippen LogP contribution in [0.2, 0.25) is 0 Å². The van der Waals surface area contributed by atoms with Crippen molar-refractivity contribution in [3.8, 4) is 0 Å². The summed E-state index contributed by atoms with van der Waals surface area (Å²) in [7, 11) is 6.48. The van der Waals surface area contributed by atoms with Crippen molar-refractivity contribution in [3.63, 3.8) is 0 Å². The van der Waals surface area contributed by atoms with Crippen molar-refractivity contribution in [2.45, 2.75) is 26.2 Å². The summed E-state index contributed by atoms with van der Waals surface area (Å²) in [6.45, 7) is 3.94. The van der Waals surface area contributed by atoms with Crippen molar-refractivity contribution in [1.29, 1.82) is 0 Å². The van der Waals surface area contributed by atoms with E-state index in [1.54, 1.807) is 0 Å². The lowest BCUT2D eigenvalue weighted by molar-refractivity contribution is -0.870. The average Bonchev–Trinajstić information content (AvgIpc) is 1.97. The number of carbonyl (C=O) groups is 1. The molecule has 3 nitrogen and oxygen atoms in total. The molecule has 0 aromatic carbocycles. The van der Waals surface area contributed by atoms with Gasteiger partial charge in [-0.25, -0.2) is 0 Å². The van der Waals surface area contributed by atoms with Gasteiger partial charge in [0.15, 0.2) is 0 Å². The molecule has 0 aliphatic carbocycles. The number of nitrogens with zero attached hydrogens (tertiary/aromatic N) is 1. The monoisotopic (exact) mass is 187 g/mol. The summed E-state index contributed by atoms with van der Waals surface area (Å²) in [5.41, 5.74) is 0. The summed E-state index contributed by atoms with van der Waals surface area (Å²) in [4.78, 5) is 11.1. The van der Waals surface area contributed by atoms with Crippen LogP contribution in [0.25, 0.3) is 0 Å². The molecule has 0 radical (unpaired) electrons. The van der Waals surface area contributed by atoms with Gasteiger partial charge in [-0.2, -0.15) is 0 Å². The van der Waals surface area contributed by atoms with E-state index >= 15 is 0 Å². The molecular weight excluding hydrogens is 164 g/mol. The fourth-order valence-corrected chi connectivity index (χ4v) is 1.10. The molecular formula is C10H23N2O+. The van der Waals surface area contributed by atoms with E-state index in [1.807, 2.05) is 6.92 Å². The normalized spacial score (nSPS) is 11.4. The van der Waals surface area contributed by atoms with Crippen LogP contribution in [-0.4, -0.2) is 44.6 Å². The number of rotatable bonds is 6. The van der Waals surface area contributed by atoms with Crippen LogP contribution in [0.4, 0.5) is 0 Å². The average molecular weight is 187 g/mol. The first-order valence-corrected chi connectivity index (χ1v) is 5.03. The molecule has 1 amide bonds. The minimum atomic E-state index is 0.184. The molecule has 78 valence electrons. The molecule has 0 saturated carbocycles. The Balaban J connectivity index is 3.31. The van der Waals surface area contributed by atoms with Crippen molar-refractivity contribution < 1.29 is 9.28 Å². The second-order valence-electron chi connectivity index (χ2n) is 4.47. The van der Waals surface area contributed by atoms with Crippen molar-refractivity contribution in [2.24, 2.45) is 0 Å². The van der Waals surface area contributed by atoms with Crippen LogP contribution in [0.5, 0.6) is 0 Å². The third kappa shape index (κ3) is 9.34. The summed E-state index contributed by atoms with van der Waals surface area (Å²) < 4.78 is 0.962. The van der Waals surface area contributed by atoms with Gasteiger partial charge in [0.25, 0.3) is 0 Å². The van der Waals surface area contributed by atoms with Crippen LogP contribution in [0, 0.1) is 0 Å². The van der Waals surface area contributed by atoms with E-state index in [0.29, 0.717) is 6.42 Å². The van der Waals surface area contributed by atoms with Crippen molar-refractivity contribution >= 4 is 5.91 Å². The zero-order chi connectivity index (χ0) is 10.3. The van der Waals surface area contributed by atoms with E-state index < -0.39 is 0 Å². The Morgan fingerprint density at radius 1 is 1.31 bits per heavy atom. The number of quaternary nitrogens is 1. The lowest BCUT2D eigenvalue weighted by Gasteiger charge is -2.23. The molecule has 13 heavy (non-hydrogen) atoms. The molecule has 0 aromatic heterocycles. The Morgan fingerprint density at radius 3 is 2.38 bits per heavy atom. The second-order valence-corrected chi connectivity index (χ2v) is 4.47. The highest BCUT2D eigenvalue weighted by atomic mass is 16.1. The van der Waals surface area contributed by atoms with Gasteiger partial charge in [-0.1, -0.05) is 6.92 Å². The second kappa shape index (κ2) is 5.97. The van der Waals surface area contributed by atoms with Crippen LogP contribution in [0.3, 0.4) is 0 Å². The standard InChI is InChI=1S/C10H22N2O/c1-5-7-10(13)11-8-6-9-12(2,3)4/h5-9H2,1-4H3/p+1. The summed E-state index contributed by atoms with van der Waals surface area (Å²) in [6.07, 6.45) is 2.64. The molecule has 0 spiro atoms. The molecule has 1 N–H and O–H groups in total. The first-order chi connectivity index (χ1) is 5.95. The molecule has 0 rings (SSSR count). The van der Waals surface area contributed by atoms with E-state index in [0.717, 1.165) is 30.4 Å². The Bertz CT molecular complexity index is 149. The first-order valence-electron chi connectivity index (χ1n) is 5.03. The highest BCUT2D eigenvalue weighted by molar-refractivity contribution is 5.75. The zero-order valence-corrected chi connectivity index (χ0v) is 9.39. The summed E-state index contributed by atoms with van der Waals surface area (Å²) in [6, 6.07) is 0. The Hall–Kier alpha value is -0.570. The molecule has 0 aliphatic rings. The van der Waals surface area contributed by atoms with Gasteiger partial charge in [0.2, 0.25) is 5.91 Å². The van der Waals surface area contributed by atoms with E-state index in [1.165, 1.54) is 0 Å². The maximum Gasteiger partial charge on any atom is 0.219 e. The summed E-state index contributed by atoms with van der Waals surface area (Å²) in [5.74, 6) is 0.184. The lowest BCUT2D eigenvalue weighted by Crippen LogP contribution is -2.37. The maximum absolute atomic E-state index is 11.1. The fourth-order valence-electron chi connectivity index (χ4n) is 1.10. The molecule has 0 bridgehead atoms. The molecule has 0 unspecified atom stereocenters. The number of nitrogens with one attached hydrogen (secondary N) is 1. The highest BCUT2D eigenvalue weighted by Gasteiger charge is 2.05. The molecule has 3 heteroatoms. The fraction of sp³-hybridized carbons (Fsp3) is 0.900. The van der Waals surface area contributed by atoms with Gasteiger partial charge in [-0.15, -0.1) is 0 Å². The SMILES string of the molecule is CCCC(=O)NCCC[N+](C)(C)C. The van der Waals surface area contributed by atoms with E-state index in [-0.39, 0.29) is 5.91 Å². The quantitative estimate of drug-likeness (QED) is 0.488. The van der Waals surface area contributed by atoms with Crippen molar-refractivity contribution in [2.75, 3.05) is 34.2 Å². The van der Waals surface area contributed by atoms with Gasteiger partial charge in [-0.05, 0) is 6.42 Å². The maximum atomic E-state index is 11.1. The van der Waals surface area contributed by atoms with Crippen molar-refractivity contribution in [1.82, 2.24) is 5.32 Å². The van der Waals surface area contributed by atoms with Gasteiger partial charge in [-0.3, -0.25) is 4.79 Å². The number of hydrogen-bond donors (Lipinski definition) is 1. The first kappa shape index (κ1) is 12.4. The van der Waals surface area contributed by atoms with Gasteiger partial charge < -0.3 is 9.80 Å². The Labute approximate surface area is 81.7 Å². The number of carbonyl (C=O) groups excluding carboxylic acids is 1. The predicted octanol–water partition coefficient (Wildman–Crippen LogP) is 0.999. The van der Waals surface area contributed by atoms with Gasteiger partial charge in [0.05, 0.1) is 27.7 Å². The molecule has 0 atom stereocenters. The minimum Gasteiger partial charge on any atom is -0.356 e. The smallest absolute Gasteiger partial charge is 0.219 e. The van der Waals surface area contributed by atoms with Crippen LogP contribution < -0.4 is 5.32 Å². The lowest BCUT2D eigenvalue weighted by atomic mass is 10.3. The number of hydrogen-bond acceptors (Lipinski definition) is 1. The third-order valence-electron chi connectivity index (χ3n) is 1.80. The van der Waals surface area contributed by atoms with Crippen LogP contribution in [0.15, 0.2) is 0 Å². The Morgan fingerprint density at radius 2 is 1.92 bits per heavy atom. The highest BCUT2D eigenvalue weighted by Crippen LogP contribution is 1.92. The topological polar surface area (TPSA) is 29.1 Å². The molecule has 0 aromatic rings. The largest absolute Gasteiger partial charge is 0.356 e. The predicted molar refractivity (Wildman–Crippen MR) is 55.4 cm³/mol. The zero-order valence-electron chi connectivity index (χ0n) is 9.39. The van der Waals surface area contributed by atoms with Crippen LogP contribution in [-0.2, 0) is 4.79 Å².